The maximum atomic E-state index is 12.6. The fourth-order valence-electron chi connectivity index (χ4n) is 3.54. The summed E-state index contributed by atoms with van der Waals surface area (Å²) in [7, 11) is 1.73. The largest absolute Gasteiger partial charge is 0.444 e. The lowest BCUT2D eigenvalue weighted by Crippen LogP contribution is -2.41. The average Bonchev–Trinajstić information content (AvgIpc) is 2.72. The summed E-state index contributed by atoms with van der Waals surface area (Å²) in [5.41, 5.74) is 1.00. The molecule has 4 heteroatoms. The summed E-state index contributed by atoms with van der Waals surface area (Å²) in [6.07, 6.45) is 14.4. The quantitative estimate of drug-likeness (QED) is 0.442. The minimum Gasteiger partial charge on any atom is -0.444 e. The molecule has 0 N–H and O–H groups in total. The molecular weight excluding hydrogens is 338 g/mol. The molecule has 0 saturated heterocycles. The second-order valence-electron chi connectivity index (χ2n) is 7.36. The number of carbonyl (C=O) groups is 1. The second-order valence-corrected chi connectivity index (χ2v) is 7.36. The summed E-state index contributed by atoms with van der Waals surface area (Å²) in [6, 6.07) is 9.96. The average molecular weight is 374 g/mol. The Morgan fingerprint density at radius 1 is 1.07 bits per heavy atom. The molecule has 4 nitrogen and oxygen atoms in total. The van der Waals surface area contributed by atoms with Crippen LogP contribution in [0.1, 0.15) is 70.3 Å². The lowest BCUT2D eigenvalue weighted by atomic mass is 9.97. The fourth-order valence-corrected chi connectivity index (χ4v) is 3.54. The van der Waals surface area contributed by atoms with Gasteiger partial charge in [-0.25, -0.2) is 4.79 Å². The van der Waals surface area contributed by atoms with E-state index in [4.69, 9.17) is 9.47 Å². The maximum absolute atomic E-state index is 12.6. The maximum Gasteiger partial charge on any atom is 0.414 e. The lowest BCUT2D eigenvalue weighted by Gasteiger charge is -2.34. The van der Waals surface area contributed by atoms with Crippen molar-refractivity contribution in [3.63, 3.8) is 0 Å². The molecule has 27 heavy (non-hydrogen) atoms. The van der Waals surface area contributed by atoms with Crippen LogP contribution < -0.4 is 0 Å². The molecule has 0 spiro atoms. The van der Waals surface area contributed by atoms with E-state index in [1.54, 1.807) is 12.0 Å². The predicted molar refractivity (Wildman–Crippen MR) is 109 cm³/mol. The van der Waals surface area contributed by atoms with Crippen LogP contribution >= 0.6 is 0 Å². The third-order valence-electron chi connectivity index (χ3n) is 5.22. The zero-order valence-corrected chi connectivity index (χ0v) is 16.9. The first-order chi connectivity index (χ1) is 13.2. The van der Waals surface area contributed by atoms with Crippen molar-refractivity contribution in [1.82, 2.24) is 4.90 Å². The van der Waals surface area contributed by atoms with E-state index in [-0.39, 0.29) is 18.2 Å². The molecule has 1 aromatic rings. The first kappa shape index (κ1) is 21.5. The zero-order valence-electron chi connectivity index (χ0n) is 16.9. The van der Waals surface area contributed by atoms with Gasteiger partial charge in [-0.15, -0.1) is 0 Å². The van der Waals surface area contributed by atoms with E-state index in [0.29, 0.717) is 6.61 Å². The number of ether oxygens (including phenoxy) is 2. The van der Waals surface area contributed by atoms with Crippen LogP contribution in [-0.4, -0.2) is 30.2 Å². The molecule has 0 unspecified atom stereocenters. The molecule has 2 rings (SSSR count). The summed E-state index contributed by atoms with van der Waals surface area (Å²) < 4.78 is 11.0. The summed E-state index contributed by atoms with van der Waals surface area (Å²) >= 11 is 0. The number of hydrogen-bond acceptors (Lipinski definition) is 3. The number of amides is 1. The monoisotopic (exact) mass is 373 g/mol. The Hall–Kier alpha value is -1.81. The topological polar surface area (TPSA) is 38.8 Å². The van der Waals surface area contributed by atoms with Gasteiger partial charge in [0.2, 0.25) is 0 Å². The van der Waals surface area contributed by atoms with Gasteiger partial charge in [-0.2, -0.15) is 0 Å². The number of methoxy groups -OCH3 is 1. The van der Waals surface area contributed by atoms with Gasteiger partial charge >= 0.3 is 6.09 Å². The van der Waals surface area contributed by atoms with Crippen molar-refractivity contribution in [3.05, 3.63) is 48.2 Å². The van der Waals surface area contributed by atoms with E-state index < -0.39 is 0 Å². The van der Waals surface area contributed by atoms with Crippen molar-refractivity contribution in [2.24, 2.45) is 0 Å². The number of rotatable bonds is 11. The molecule has 0 bridgehead atoms. The Bertz CT molecular complexity index is 558. The van der Waals surface area contributed by atoms with Crippen molar-refractivity contribution < 1.29 is 14.3 Å². The molecule has 0 radical (unpaired) electrons. The Kier molecular flexibility index (Phi) is 9.99. The normalized spacial score (nSPS) is 19.3. The molecule has 0 aliphatic carbocycles. The van der Waals surface area contributed by atoms with Crippen LogP contribution in [-0.2, 0) is 16.1 Å². The van der Waals surface area contributed by atoms with Crippen molar-refractivity contribution in [2.75, 3.05) is 7.11 Å². The smallest absolute Gasteiger partial charge is 0.414 e. The number of nitrogens with zero attached hydrogens (tertiary/aromatic N) is 1. The van der Waals surface area contributed by atoms with Gasteiger partial charge in [-0.1, -0.05) is 82.2 Å². The second kappa shape index (κ2) is 12.6. The van der Waals surface area contributed by atoms with Gasteiger partial charge in [0.1, 0.15) is 6.61 Å². The van der Waals surface area contributed by atoms with Gasteiger partial charge in [0.05, 0.1) is 6.10 Å². The van der Waals surface area contributed by atoms with Crippen LogP contribution in [0.3, 0.4) is 0 Å². The van der Waals surface area contributed by atoms with Crippen molar-refractivity contribution in [1.29, 1.82) is 0 Å². The number of unbranched alkanes of at least 4 members (excludes halogenated alkanes) is 6. The minimum atomic E-state index is -0.266. The highest BCUT2D eigenvalue weighted by Gasteiger charge is 2.28. The van der Waals surface area contributed by atoms with E-state index >= 15 is 0 Å². The van der Waals surface area contributed by atoms with Gasteiger partial charge in [0.15, 0.2) is 0 Å². The highest BCUT2D eigenvalue weighted by Crippen LogP contribution is 2.24. The molecule has 150 valence electrons. The molecule has 1 aliphatic heterocycles. The van der Waals surface area contributed by atoms with E-state index in [0.717, 1.165) is 24.8 Å². The Labute approximate surface area is 164 Å². The van der Waals surface area contributed by atoms with Gasteiger partial charge in [0.25, 0.3) is 0 Å². The first-order valence-corrected chi connectivity index (χ1v) is 10.4. The molecule has 0 saturated carbocycles. The van der Waals surface area contributed by atoms with E-state index in [9.17, 15) is 4.79 Å². The van der Waals surface area contributed by atoms with Crippen LogP contribution in [0.5, 0.6) is 0 Å². The summed E-state index contributed by atoms with van der Waals surface area (Å²) in [5.74, 6) is 0. The number of benzene rings is 1. The SMILES string of the molecule is CCCCCCCCC[C@@H]1C[C@@H](OC)C=CN1C(=O)OCc1ccccc1. The van der Waals surface area contributed by atoms with E-state index in [1.165, 1.54) is 38.5 Å². The van der Waals surface area contributed by atoms with Gasteiger partial charge in [0, 0.05) is 19.4 Å². The Morgan fingerprint density at radius 3 is 2.48 bits per heavy atom. The summed E-state index contributed by atoms with van der Waals surface area (Å²) in [4.78, 5) is 14.4. The minimum absolute atomic E-state index is 0.0812. The zero-order chi connectivity index (χ0) is 19.3. The third-order valence-corrected chi connectivity index (χ3v) is 5.22. The van der Waals surface area contributed by atoms with E-state index in [1.807, 2.05) is 42.6 Å². The fraction of sp³-hybridized carbons (Fsp3) is 0.609. The molecule has 1 aliphatic rings. The van der Waals surface area contributed by atoms with E-state index in [2.05, 4.69) is 6.92 Å². The molecule has 0 fully saturated rings. The van der Waals surface area contributed by atoms with Crippen LogP contribution in [0, 0.1) is 0 Å². The predicted octanol–water partition coefficient (Wildman–Crippen LogP) is 6.07. The molecule has 1 amide bonds. The highest BCUT2D eigenvalue weighted by atomic mass is 16.6. The molecule has 1 aromatic carbocycles. The van der Waals surface area contributed by atoms with Gasteiger partial charge < -0.3 is 9.47 Å². The lowest BCUT2D eigenvalue weighted by molar-refractivity contribution is 0.0629. The van der Waals surface area contributed by atoms with Crippen LogP contribution in [0.25, 0.3) is 0 Å². The molecular formula is C23H35NO3. The van der Waals surface area contributed by atoms with Crippen LogP contribution in [0.4, 0.5) is 4.79 Å². The third kappa shape index (κ3) is 7.76. The highest BCUT2D eigenvalue weighted by molar-refractivity contribution is 5.69. The Balaban J connectivity index is 1.80. The van der Waals surface area contributed by atoms with Crippen molar-refractivity contribution >= 4 is 6.09 Å². The molecule has 2 atom stereocenters. The summed E-state index contributed by atoms with van der Waals surface area (Å²) in [5, 5.41) is 0. The van der Waals surface area contributed by atoms with Crippen LogP contribution in [0.2, 0.25) is 0 Å². The standard InChI is InChI=1S/C23H35NO3/c1-3-4-5-6-7-8-12-15-21-18-22(26-2)16-17-24(21)23(25)27-19-20-13-10-9-11-14-20/h9-11,13-14,16-17,21-22H,3-8,12,15,18-19H2,1-2H3/t21-,22+/m1/s1. The Morgan fingerprint density at radius 2 is 1.78 bits per heavy atom. The van der Waals surface area contributed by atoms with Crippen LogP contribution in [0.15, 0.2) is 42.6 Å². The summed E-state index contributed by atoms with van der Waals surface area (Å²) in [6.45, 7) is 2.55. The number of carbonyl (C=O) groups excluding carboxylic acids is 1. The molecule has 0 aromatic heterocycles. The van der Waals surface area contributed by atoms with Gasteiger partial charge in [-0.05, 0) is 24.5 Å². The number of hydrogen-bond donors (Lipinski definition) is 0. The molecule has 1 heterocycles. The van der Waals surface area contributed by atoms with Crippen molar-refractivity contribution in [2.45, 2.75) is 83.5 Å². The first-order valence-electron chi connectivity index (χ1n) is 10.4. The van der Waals surface area contributed by atoms with Gasteiger partial charge in [-0.3, -0.25) is 4.90 Å². The van der Waals surface area contributed by atoms with Crippen molar-refractivity contribution in [3.8, 4) is 0 Å².